The fraction of sp³-hybridized carbons (Fsp3) is 0.400. The third-order valence-corrected chi connectivity index (χ3v) is 1.78. The second-order valence-electron chi connectivity index (χ2n) is 2.84. The quantitative estimate of drug-likeness (QED) is 0.376. The monoisotopic (exact) mass is 180 g/mol. The Morgan fingerprint density at radius 2 is 2.31 bits per heavy atom. The lowest BCUT2D eigenvalue weighted by Gasteiger charge is -1.98. The molecule has 1 heterocycles. The van der Waals surface area contributed by atoms with Crippen molar-refractivity contribution in [3.63, 3.8) is 0 Å². The van der Waals surface area contributed by atoms with Crippen molar-refractivity contribution in [2.75, 3.05) is 0 Å². The summed E-state index contributed by atoms with van der Waals surface area (Å²) in [5, 5.41) is 0. The van der Waals surface area contributed by atoms with E-state index in [0.29, 0.717) is 18.5 Å². The summed E-state index contributed by atoms with van der Waals surface area (Å²) in [6.07, 6.45) is 5.69. The Kier molecular flexibility index (Phi) is 3.43. The molecule has 0 aromatic carbocycles. The maximum Gasteiger partial charge on any atom is 0.315 e. The first-order valence-electron chi connectivity index (χ1n) is 4.32. The van der Waals surface area contributed by atoms with Gasteiger partial charge >= 0.3 is 5.97 Å². The Bertz CT molecular complexity index is 274. The second-order valence-corrected chi connectivity index (χ2v) is 2.84. The number of rotatable bonds is 4. The van der Waals surface area contributed by atoms with E-state index >= 15 is 0 Å². The van der Waals surface area contributed by atoms with E-state index in [0.717, 1.165) is 18.4 Å². The van der Waals surface area contributed by atoms with E-state index in [9.17, 15) is 9.59 Å². The van der Waals surface area contributed by atoms with Crippen molar-refractivity contribution in [1.82, 2.24) is 0 Å². The molecule has 0 saturated heterocycles. The molecule has 0 amide bonds. The van der Waals surface area contributed by atoms with Gasteiger partial charge in [-0.15, -0.1) is 0 Å². The highest BCUT2D eigenvalue weighted by atomic mass is 16.5. The Morgan fingerprint density at radius 3 is 2.92 bits per heavy atom. The van der Waals surface area contributed by atoms with Crippen molar-refractivity contribution >= 4 is 12.3 Å². The first-order valence-corrected chi connectivity index (χ1v) is 4.32. The molecule has 1 rings (SSSR count). The molecule has 0 aliphatic carbocycles. The first kappa shape index (κ1) is 9.71. The van der Waals surface area contributed by atoms with Gasteiger partial charge in [0.05, 0.1) is 6.42 Å². The largest absolute Gasteiger partial charge is 0.431 e. The molecule has 0 fully saturated rings. The molecule has 0 spiro atoms. The van der Waals surface area contributed by atoms with Crippen LogP contribution in [0.4, 0.5) is 0 Å². The fourth-order valence-corrected chi connectivity index (χ4v) is 1.24. The number of aldehydes is 1. The predicted octanol–water partition coefficient (Wildman–Crippen LogP) is 1.74. The number of esters is 1. The highest BCUT2D eigenvalue weighted by Crippen LogP contribution is 2.24. The summed E-state index contributed by atoms with van der Waals surface area (Å²) < 4.78 is 4.98. The number of hydrogen-bond acceptors (Lipinski definition) is 3. The standard InChI is InChI=1S/C10H12O3/c1-2-4-9-8(5-3-6-11)7-10(12)13-9/h3,5-6H,2,4,7H2,1H3/b5-3+. The van der Waals surface area contributed by atoms with Crippen LogP contribution >= 0.6 is 0 Å². The molecule has 0 unspecified atom stereocenters. The van der Waals surface area contributed by atoms with Crippen LogP contribution in [-0.4, -0.2) is 12.3 Å². The minimum Gasteiger partial charge on any atom is -0.431 e. The molecule has 0 saturated carbocycles. The topological polar surface area (TPSA) is 43.4 Å². The van der Waals surface area contributed by atoms with Gasteiger partial charge in [-0.1, -0.05) is 13.0 Å². The van der Waals surface area contributed by atoms with Crippen molar-refractivity contribution < 1.29 is 14.3 Å². The molecule has 1 aliphatic heterocycles. The molecular weight excluding hydrogens is 168 g/mol. The third-order valence-electron chi connectivity index (χ3n) is 1.78. The second kappa shape index (κ2) is 4.60. The van der Waals surface area contributed by atoms with Crippen LogP contribution < -0.4 is 0 Å². The minimum atomic E-state index is -0.228. The molecule has 1 aliphatic rings. The highest BCUT2D eigenvalue weighted by molar-refractivity contribution is 5.79. The zero-order chi connectivity index (χ0) is 9.68. The van der Waals surface area contributed by atoms with Crippen LogP contribution in [-0.2, 0) is 14.3 Å². The van der Waals surface area contributed by atoms with E-state index in [-0.39, 0.29) is 5.97 Å². The van der Waals surface area contributed by atoms with Gasteiger partial charge in [-0.3, -0.25) is 9.59 Å². The van der Waals surface area contributed by atoms with Crippen molar-refractivity contribution in [1.29, 1.82) is 0 Å². The van der Waals surface area contributed by atoms with Crippen LogP contribution in [0, 0.1) is 0 Å². The van der Waals surface area contributed by atoms with Crippen molar-refractivity contribution in [2.24, 2.45) is 0 Å². The molecule has 0 bridgehead atoms. The number of allylic oxidation sites excluding steroid dienone is 3. The summed E-state index contributed by atoms with van der Waals surface area (Å²) in [7, 11) is 0. The molecule has 70 valence electrons. The summed E-state index contributed by atoms with van der Waals surface area (Å²) in [4.78, 5) is 21.0. The van der Waals surface area contributed by atoms with E-state index in [1.807, 2.05) is 6.92 Å². The van der Waals surface area contributed by atoms with Gasteiger partial charge in [0.15, 0.2) is 0 Å². The zero-order valence-electron chi connectivity index (χ0n) is 7.58. The van der Waals surface area contributed by atoms with E-state index in [1.54, 1.807) is 6.08 Å². The molecule has 0 N–H and O–H groups in total. The van der Waals surface area contributed by atoms with Gasteiger partial charge < -0.3 is 4.74 Å². The lowest BCUT2D eigenvalue weighted by atomic mass is 10.1. The number of hydrogen-bond donors (Lipinski definition) is 0. The summed E-state index contributed by atoms with van der Waals surface area (Å²) >= 11 is 0. The van der Waals surface area contributed by atoms with Crippen LogP contribution in [0.25, 0.3) is 0 Å². The zero-order valence-corrected chi connectivity index (χ0v) is 7.58. The Balaban J connectivity index is 2.74. The lowest BCUT2D eigenvalue weighted by molar-refractivity contribution is -0.136. The third kappa shape index (κ3) is 2.54. The molecular formula is C10H12O3. The van der Waals surface area contributed by atoms with Gasteiger partial charge in [-0.05, 0) is 12.5 Å². The van der Waals surface area contributed by atoms with Crippen LogP contribution in [0.3, 0.4) is 0 Å². The smallest absolute Gasteiger partial charge is 0.315 e. The van der Waals surface area contributed by atoms with Crippen molar-refractivity contribution in [3.8, 4) is 0 Å². The van der Waals surface area contributed by atoms with Crippen molar-refractivity contribution in [3.05, 3.63) is 23.5 Å². The first-order chi connectivity index (χ1) is 6.27. The van der Waals surface area contributed by atoms with E-state index in [2.05, 4.69) is 0 Å². The lowest BCUT2D eigenvalue weighted by Crippen LogP contribution is -1.93. The summed E-state index contributed by atoms with van der Waals surface area (Å²) in [5.74, 6) is 0.486. The number of carbonyl (C=O) groups is 2. The molecule has 13 heavy (non-hydrogen) atoms. The maximum atomic E-state index is 10.9. The van der Waals surface area contributed by atoms with Gasteiger partial charge in [0.25, 0.3) is 0 Å². The molecule has 0 atom stereocenters. The minimum absolute atomic E-state index is 0.228. The van der Waals surface area contributed by atoms with Gasteiger partial charge in [0.1, 0.15) is 12.0 Å². The summed E-state index contributed by atoms with van der Waals surface area (Å²) in [5.41, 5.74) is 0.832. The normalized spacial score (nSPS) is 16.8. The van der Waals surface area contributed by atoms with E-state index in [4.69, 9.17) is 4.74 Å². The van der Waals surface area contributed by atoms with Gasteiger partial charge in [0.2, 0.25) is 0 Å². The Labute approximate surface area is 77.1 Å². The molecule has 0 radical (unpaired) electrons. The molecule has 3 nitrogen and oxygen atoms in total. The average molecular weight is 180 g/mol. The fourth-order valence-electron chi connectivity index (χ4n) is 1.24. The van der Waals surface area contributed by atoms with Crippen LogP contribution in [0.15, 0.2) is 23.5 Å². The van der Waals surface area contributed by atoms with E-state index in [1.165, 1.54) is 6.08 Å². The number of ether oxygens (including phenoxy) is 1. The van der Waals surface area contributed by atoms with Crippen LogP contribution in [0.5, 0.6) is 0 Å². The predicted molar refractivity (Wildman–Crippen MR) is 47.8 cm³/mol. The Morgan fingerprint density at radius 1 is 1.54 bits per heavy atom. The van der Waals surface area contributed by atoms with Gasteiger partial charge in [-0.2, -0.15) is 0 Å². The van der Waals surface area contributed by atoms with Crippen molar-refractivity contribution in [2.45, 2.75) is 26.2 Å². The molecule has 3 heteroatoms. The number of carbonyl (C=O) groups excluding carboxylic acids is 2. The number of cyclic esters (lactones) is 1. The summed E-state index contributed by atoms with van der Waals surface area (Å²) in [6, 6.07) is 0. The van der Waals surface area contributed by atoms with Gasteiger partial charge in [-0.25, -0.2) is 0 Å². The SMILES string of the molecule is CCCC1=C(/C=C/C=O)CC(=O)O1. The molecule has 0 aromatic rings. The van der Waals surface area contributed by atoms with E-state index < -0.39 is 0 Å². The highest BCUT2D eigenvalue weighted by Gasteiger charge is 2.20. The summed E-state index contributed by atoms with van der Waals surface area (Å²) in [6.45, 7) is 2.01. The molecule has 0 aromatic heterocycles. The van der Waals surface area contributed by atoms with Crippen LogP contribution in [0.2, 0.25) is 0 Å². The maximum absolute atomic E-state index is 10.9. The average Bonchev–Trinajstić information content (AvgIpc) is 2.44. The Hall–Kier alpha value is -1.38. The van der Waals surface area contributed by atoms with Gasteiger partial charge in [0, 0.05) is 12.0 Å². The van der Waals surface area contributed by atoms with Crippen LogP contribution in [0.1, 0.15) is 26.2 Å².